The number of benzene rings is 2. The Hall–Kier alpha value is -2.44. The lowest BCUT2D eigenvalue weighted by molar-refractivity contribution is -0.111. The van der Waals surface area contributed by atoms with E-state index in [1.54, 1.807) is 11.8 Å². The molecule has 1 amide bonds. The number of hydrogen-bond acceptors (Lipinski definition) is 5. The van der Waals surface area contributed by atoms with Gasteiger partial charge in [0, 0.05) is 11.3 Å². The van der Waals surface area contributed by atoms with E-state index in [0.717, 1.165) is 27.6 Å². The van der Waals surface area contributed by atoms with E-state index in [4.69, 9.17) is 0 Å². The number of rotatable bonds is 7. The maximum Gasteiger partial charge on any atom is 0.258 e. The molecule has 0 radical (unpaired) electrons. The number of carbonyl (C=O) groups excluding carboxylic acids is 1. The summed E-state index contributed by atoms with van der Waals surface area (Å²) in [6.07, 6.45) is 2.96. The van der Waals surface area contributed by atoms with E-state index in [1.165, 1.54) is 11.3 Å². The second-order valence-electron chi connectivity index (χ2n) is 5.51. The van der Waals surface area contributed by atoms with Crippen molar-refractivity contribution in [3.05, 3.63) is 71.8 Å². The number of amides is 1. The van der Waals surface area contributed by atoms with Crippen molar-refractivity contribution in [3.8, 4) is 0 Å². The molecular formula is C20H19N3OS2. The van der Waals surface area contributed by atoms with Gasteiger partial charge in [-0.1, -0.05) is 90.7 Å². The minimum absolute atomic E-state index is 0.191. The van der Waals surface area contributed by atoms with Gasteiger partial charge < -0.3 is 0 Å². The van der Waals surface area contributed by atoms with Crippen LogP contribution in [0.3, 0.4) is 0 Å². The highest BCUT2D eigenvalue weighted by Crippen LogP contribution is 2.27. The molecule has 0 unspecified atom stereocenters. The molecule has 3 rings (SSSR count). The van der Waals surface area contributed by atoms with Gasteiger partial charge in [-0.05, 0) is 23.6 Å². The molecule has 0 fully saturated rings. The lowest BCUT2D eigenvalue weighted by Crippen LogP contribution is -2.13. The van der Waals surface area contributed by atoms with Crippen molar-refractivity contribution in [3.63, 3.8) is 0 Å². The number of thioether (sulfide) groups is 1. The van der Waals surface area contributed by atoms with E-state index >= 15 is 0 Å². The summed E-state index contributed by atoms with van der Waals surface area (Å²) in [6, 6.07) is 19.4. The Morgan fingerprint density at radius 3 is 2.46 bits per heavy atom. The lowest BCUT2D eigenvalue weighted by Gasteiger charge is -2.07. The van der Waals surface area contributed by atoms with E-state index < -0.39 is 0 Å². The zero-order chi connectivity index (χ0) is 18.2. The molecule has 1 N–H and O–H groups in total. The fourth-order valence-electron chi connectivity index (χ4n) is 2.29. The number of aromatic nitrogens is 2. The van der Waals surface area contributed by atoms with Crippen LogP contribution in [0.1, 0.15) is 24.5 Å². The third kappa shape index (κ3) is 5.03. The van der Waals surface area contributed by atoms with Crippen LogP contribution in [0.25, 0.3) is 11.6 Å². The molecule has 1 aromatic heterocycles. The van der Waals surface area contributed by atoms with Gasteiger partial charge in [0.25, 0.3) is 5.91 Å². The topological polar surface area (TPSA) is 54.9 Å². The molecule has 0 saturated heterocycles. The summed E-state index contributed by atoms with van der Waals surface area (Å²) in [5.41, 5.74) is 2.42. The monoisotopic (exact) mass is 381 g/mol. The van der Waals surface area contributed by atoms with Gasteiger partial charge >= 0.3 is 0 Å². The maximum atomic E-state index is 12.9. The van der Waals surface area contributed by atoms with Gasteiger partial charge in [0.1, 0.15) is 0 Å². The number of hydrogen-bond donors (Lipinski definition) is 1. The highest BCUT2D eigenvalue weighted by Gasteiger charge is 2.15. The first-order valence-corrected chi connectivity index (χ1v) is 10.2. The van der Waals surface area contributed by atoms with Gasteiger partial charge in [-0.15, -0.1) is 10.2 Å². The highest BCUT2D eigenvalue weighted by molar-refractivity contribution is 8.01. The summed E-state index contributed by atoms with van der Waals surface area (Å²) in [7, 11) is 0. The molecule has 6 heteroatoms. The fourth-order valence-corrected chi connectivity index (χ4v) is 3.96. The van der Waals surface area contributed by atoms with Crippen molar-refractivity contribution in [1.29, 1.82) is 0 Å². The van der Waals surface area contributed by atoms with Gasteiger partial charge in [0.15, 0.2) is 4.34 Å². The van der Waals surface area contributed by atoms with Crippen LogP contribution in [0.2, 0.25) is 0 Å². The van der Waals surface area contributed by atoms with Crippen molar-refractivity contribution < 1.29 is 4.79 Å². The molecule has 0 atom stereocenters. The Morgan fingerprint density at radius 1 is 1.08 bits per heavy atom. The SMILES string of the molecule is CCCSc1nnc(NC(=O)/C(=C/c2ccccc2)c2ccccc2)s1. The molecule has 0 spiro atoms. The van der Waals surface area contributed by atoms with Crippen LogP contribution in [-0.2, 0) is 4.79 Å². The number of carbonyl (C=O) groups is 1. The number of anilines is 1. The predicted molar refractivity (Wildman–Crippen MR) is 110 cm³/mol. The smallest absolute Gasteiger partial charge is 0.258 e. The Kier molecular flexibility index (Phi) is 6.57. The van der Waals surface area contributed by atoms with E-state index in [2.05, 4.69) is 22.4 Å². The molecule has 0 aliphatic rings. The van der Waals surface area contributed by atoms with Gasteiger partial charge in [0.2, 0.25) is 5.13 Å². The third-order valence-corrected chi connectivity index (χ3v) is 5.67. The van der Waals surface area contributed by atoms with E-state index in [-0.39, 0.29) is 5.91 Å². The van der Waals surface area contributed by atoms with Crippen LogP contribution >= 0.6 is 23.1 Å². The van der Waals surface area contributed by atoms with Crippen molar-refractivity contribution in [2.75, 3.05) is 11.1 Å². The van der Waals surface area contributed by atoms with Crippen molar-refractivity contribution >= 4 is 45.8 Å². The Bertz CT molecular complexity index is 876. The molecule has 26 heavy (non-hydrogen) atoms. The average molecular weight is 382 g/mol. The van der Waals surface area contributed by atoms with Crippen molar-refractivity contribution in [2.24, 2.45) is 0 Å². The van der Waals surface area contributed by atoms with E-state index in [9.17, 15) is 4.79 Å². The van der Waals surface area contributed by atoms with Crippen LogP contribution in [0.5, 0.6) is 0 Å². The molecule has 0 saturated carbocycles. The standard InChI is InChI=1S/C20H19N3OS2/c1-2-13-25-20-23-22-19(26-20)21-18(24)17(16-11-7-4-8-12-16)14-15-9-5-3-6-10-15/h3-12,14H,2,13H2,1H3,(H,21,22,24)/b17-14+. The second kappa shape index (κ2) is 9.31. The van der Waals surface area contributed by atoms with Crippen molar-refractivity contribution in [2.45, 2.75) is 17.7 Å². The lowest BCUT2D eigenvalue weighted by atomic mass is 10.0. The van der Waals surface area contributed by atoms with E-state index in [1.807, 2.05) is 66.7 Å². The molecule has 3 aromatic rings. The first-order valence-electron chi connectivity index (χ1n) is 8.36. The summed E-state index contributed by atoms with van der Waals surface area (Å²) in [4.78, 5) is 12.9. The van der Waals surface area contributed by atoms with Crippen LogP contribution in [0.15, 0.2) is 65.0 Å². The third-order valence-electron chi connectivity index (χ3n) is 3.50. The van der Waals surface area contributed by atoms with Gasteiger partial charge in [0.05, 0.1) is 0 Å². The first-order chi connectivity index (χ1) is 12.8. The largest absolute Gasteiger partial charge is 0.296 e. The molecule has 0 aliphatic heterocycles. The zero-order valence-corrected chi connectivity index (χ0v) is 16.0. The molecule has 0 bridgehead atoms. The number of nitrogens with zero attached hydrogens (tertiary/aromatic N) is 2. The van der Waals surface area contributed by atoms with Gasteiger partial charge in [-0.25, -0.2) is 0 Å². The Balaban J connectivity index is 1.84. The van der Waals surface area contributed by atoms with Crippen LogP contribution in [0, 0.1) is 0 Å². The molecule has 1 heterocycles. The van der Waals surface area contributed by atoms with Crippen molar-refractivity contribution in [1.82, 2.24) is 10.2 Å². The maximum absolute atomic E-state index is 12.9. The summed E-state index contributed by atoms with van der Waals surface area (Å²) >= 11 is 3.06. The molecule has 4 nitrogen and oxygen atoms in total. The molecular weight excluding hydrogens is 362 g/mol. The summed E-state index contributed by atoms with van der Waals surface area (Å²) in [5.74, 6) is 0.800. The summed E-state index contributed by atoms with van der Waals surface area (Å²) < 4.78 is 0.871. The molecule has 2 aromatic carbocycles. The van der Waals surface area contributed by atoms with Crippen LogP contribution in [-0.4, -0.2) is 21.9 Å². The predicted octanol–water partition coefficient (Wildman–Crippen LogP) is 5.22. The van der Waals surface area contributed by atoms with Gasteiger partial charge in [-0.3, -0.25) is 10.1 Å². The highest BCUT2D eigenvalue weighted by atomic mass is 32.2. The number of nitrogens with one attached hydrogen (secondary N) is 1. The summed E-state index contributed by atoms with van der Waals surface area (Å²) in [6.45, 7) is 2.12. The average Bonchev–Trinajstić information content (AvgIpc) is 3.13. The Morgan fingerprint density at radius 2 is 1.77 bits per heavy atom. The fraction of sp³-hybridized carbons (Fsp3) is 0.150. The zero-order valence-electron chi connectivity index (χ0n) is 14.4. The van der Waals surface area contributed by atoms with Gasteiger partial charge in [-0.2, -0.15) is 0 Å². The molecule has 132 valence electrons. The molecule has 0 aliphatic carbocycles. The van der Waals surface area contributed by atoms with Crippen LogP contribution in [0.4, 0.5) is 5.13 Å². The quantitative estimate of drug-likeness (QED) is 0.264. The normalized spacial score (nSPS) is 11.3. The second-order valence-corrected chi connectivity index (χ2v) is 7.83. The van der Waals surface area contributed by atoms with E-state index in [0.29, 0.717) is 10.7 Å². The first kappa shape index (κ1) is 18.4. The summed E-state index contributed by atoms with van der Waals surface area (Å²) in [5, 5.41) is 11.6. The van der Waals surface area contributed by atoms with Crippen LogP contribution < -0.4 is 5.32 Å². The minimum atomic E-state index is -0.191. The minimum Gasteiger partial charge on any atom is -0.296 e. The Labute approximate surface area is 161 Å².